The maximum atomic E-state index is 10.5. The van der Waals surface area contributed by atoms with Gasteiger partial charge >= 0.3 is 216 Å². The van der Waals surface area contributed by atoms with Crippen molar-refractivity contribution in [1.82, 2.24) is 0 Å². The van der Waals surface area contributed by atoms with Crippen LogP contribution in [0.1, 0.15) is 60.8 Å². The summed E-state index contributed by atoms with van der Waals surface area (Å²) in [6.07, 6.45) is 7.71. The van der Waals surface area contributed by atoms with Crippen molar-refractivity contribution >= 4 is 62.3 Å². The molecule has 6 rings (SSSR count). The molecule has 1 aliphatic carbocycles. The Labute approximate surface area is 298 Å². The first-order valence-electron chi connectivity index (χ1n) is 14.9. The molecule has 0 saturated heterocycles. The van der Waals surface area contributed by atoms with E-state index in [0.29, 0.717) is 30.6 Å². The van der Waals surface area contributed by atoms with E-state index in [2.05, 4.69) is 13.8 Å². The van der Waals surface area contributed by atoms with Gasteiger partial charge in [0.15, 0.2) is 0 Å². The number of fused-ring (bicyclic) bond motifs is 1. The van der Waals surface area contributed by atoms with E-state index < -0.39 is 0 Å². The summed E-state index contributed by atoms with van der Waals surface area (Å²) in [5.74, 6) is 2.08. The summed E-state index contributed by atoms with van der Waals surface area (Å²) in [5, 5.41) is 24.3. The van der Waals surface area contributed by atoms with Crippen molar-refractivity contribution in [3.63, 3.8) is 0 Å². The van der Waals surface area contributed by atoms with Crippen LogP contribution in [-0.2, 0) is 27.0 Å². The molecule has 0 radical (unpaired) electrons. The van der Waals surface area contributed by atoms with E-state index in [1.165, 1.54) is 38.5 Å². The van der Waals surface area contributed by atoms with Crippen molar-refractivity contribution in [2.75, 3.05) is 0 Å². The summed E-state index contributed by atoms with van der Waals surface area (Å²) in [4.78, 5) is 0. The molecule has 1 aliphatic heterocycles. The van der Waals surface area contributed by atoms with E-state index in [-0.39, 0.29) is 42.9 Å². The van der Waals surface area contributed by atoms with Crippen molar-refractivity contribution in [2.45, 2.75) is 60.5 Å². The van der Waals surface area contributed by atoms with Gasteiger partial charge in [-0.3, -0.25) is 0 Å². The summed E-state index contributed by atoms with van der Waals surface area (Å²) in [5.41, 5.74) is 3.90. The smallest absolute Gasteiger partial charge is 0.0866 e. The molecule has 240 valence electrons. The second-order valence-electron chi connectivity index (χ2n) is 11.1. The van der Waals surface area contributed by atoms with Gasteiger partial charge in [-0.15, -0.1) is 24.3 Å². The molecule has 4 aromatic rings. The van der Waals surface area contributed by atoms with Gasteiger partial charge in [0.05, 0.1) is 0 Å². The standard InChI is InChI=1S/C22H24Cl4O2S2.2C7H7.Ti/c23-15-7-13(21(27)17(25)9-15)11-29-19-5-3-1-2-4-6-20(19)30-12-14-8-16(24)10-18(26)22(14)28;2*1-7-5-3-2-4-6-7;/h7-10,19-20,27-28H,1-6,11-12H2;2*2-6H,1H2;/q;2*-1;/t19-,20?;;;/m0.../s1. The van der Waals surface area contributed by atoms with Crippen LogP contribution in [0.5, 0.6) is 11.5 Å². The minimum Gasteiger partial charge on any atom is -0.199 e. The van der Waals surface area contributed by atoms with E-state index in [9.17, 15) is 10.2 Å². The van der Waals surface area contributed by atoms with Crippen LogP contribution in [0.2, 0.25) is 20.1 Å². The van der Waals surface area contributed by atoms with Crippen molar-refractivity contribution in [2.24, 2.45) is 0 Å². The molecule has 1 heterocycles. The summed E-state index contributed by atoms with van der Waals surface area (Å²) in [6, 6.07) is 26.7. The quantitative estimate of drug-likeness (QED) is 0.161. The fraction of sp³-hybridized carbons (Fsp3) is 0.278. The number of benzene rings is 4. The van der Waals surface area contributed by atoms with E-state index in [1.54, 1.807) is 12.1 Å². The number of aromatic hydroxyl groups is 2. The average Bonchev–Trinajstić information content (AvgIpc) is 3.29. The monoisotopic (exact) mass is 754 g/mol. The Morgan fingerprint density at radius 2 is 0.978 bits per heavy atom. The van der Waals surface area contributed by atoms with Gasteiger partial charge in [-0.05, 0) is 0 Å². The minimum atomic E-state index is -0.290. The SMILES string of the molecule is Oc1c(Cl)cc(Cl)cc1C[S]1=[Ti]=[S@@](Cc2cc(Cl)cc(Cl)c2O)C2CCCCCC[C@@H]21.[CH2-]c1ccccc1.[CH2-]c1ccccc1. The Hall–Kier alpha value is -1.21. The van der Waals surface area contributed by atoms with E-state index >= 15 is 0 Å². The third-order valence-electron chi connectivity index (χ3n) is 7.61. The molecule has 1 fully saturated rings. The summed E-state index contributed by atoms with van der Waals surface area (Å²) in [7, 11) is 0.502. The van der Waals surface area contributed by atoms with Crippen molar-refractivity contribution in [3.8, 4) is 11.5 Å². The molecule has 0 bridgehead atoms. The molecule has 2 aliphatic rings. The molecule has 9 heteroatoms. The number of rotatable bonds is 4. The van der Waals surface area contributed by atoms with Gasteiger partial charge in [-0.25, -0.2) is 0 Å². The van der Waals surface area contributed by atoms with Crippen molar-refractivity contribution in [1.29, 1.82) is 0 Å². The van der Waals surface area contributed by atoms with Gasteiger partial charge in [0, 0.05) is 0 Å². The van der Waals surface area contributed by atoms with Gasteiger partial charge in [-0.1, -0.05) is 12.1 Å². The molecular formula is C36H38Cl4O2S2Ti-2. The van der Waals surface area contributed by atoms with E-state index in [1.807, 2.05) is 72.8 Å². The zero-order valence-corrected chi connectivity index (χ0v) is 31.2. The fourth-order valence-corrected chi connectivity index (χ4v) is 27.3. The second kappa shape index (κ2) is 18.4. The molecule has 1 saturated carbocycles. The van der Waals surface area contributed by atoms with Gasteiger partial charge in [0.2, 0.25) is 0 Å². The molecule has 0 spiro atoms. The van der Waals surface area contributed by atoms with Crippen LogP contribution >= 0.6 is 62.3 Å². The third kappa shape index (κ3) is 11.2. The van der Waals surface area contributed by atoms with Gasteiger partial charge in [0.1, 0.15) is 0 Å². The Balaban J connectivity index is 0.000000269. The van der Waals surface area contributed by atoms with Gasteiger partial charge in [0.25, 0.3) is 0 Å². The maximum Gasteiger partial charge on any atom is -0.0866 e. The third-order valence-corrected chi connectivity index (χ3v) is 24.5. The summed E-state index contributed by atoms with van der Waals surface area (Å²) in [6.45, 7) is 7.44. The molecular weight excluding hydrogens is 718 g/mol. The number of phenols is 2. The molecule has 2 nitrogen and oxygen atoms in total. The van der Waals surface area contributed by atoms with Gasteiger partial charge in [-0.2, -0.15) is 49.2 Å². The predicted octanol–water partition coefficient (Wildman–Crippen LogP) is 12.7. The van der Waals surface area contributed by atoms with E-state index in [0.717, 1.165) is 33.8 Å². The van der Waals surface area contributed by atoms with Crippen LogP contribution in [0.3, 0.4) is 0 Å². The second-order valence-corrected chi connectivity index (χ2v) is 24.2. The molecule has 2 unspecified atom stereocenters. The van der Waals surface area contributed by atoms with Crippen LogP contribution in [-0.4, -0.2) is 20.7 Å². The first-order chi connectivity index (χ1) is 21.6. The molecule has 4 aromatic carbocycles. The molecule has 0 amide bonds. The number of hydrogen-bond donors (Lipinski definition) is 2. The van der Waals surface area contributed by atoms with Gasteiger partial charge < -0.3 is 0 Å². The Kier molecular flexibility index (Phi) is 15.0. The Morgan fingerprint density at radius 3 is 1.31 bits per heavy atom. The largest absolute Gasteiger partial charge is 0.199 e. The van der Waals surface area contributed by atoms with Crippen LogP contribution in [0.25, 0.3) is 0 Å². The Bertz CT molecular complexity index is 1530. The zero-order chi connectivity index (χ0) is 32.3. The van der Waals surface area contributed by atoms with E-state index in [4.69, 9.17) is 46.4 Å². The first kappa shape index (κ1) is 36.6. The maximum absolute atomic E-state index is 10.5. The number of phenolic OH excluding ortho intramolecular Hbond substituents is 2. The van der Waals surface area contributed by atoms with Crippen LogP contribution in [0, 0.1) is 13.8 Å². The number of halogens is 4. The summed E-state index contributed by atoms with van der Waals surface area (Å²) < 4.78 is 0. The van der Waals surface area contributed by atoms with Crippen molar-refractivity contribution < 1.29 is 25.7 Å². The fourth-order valence-electron chi connectivity index (χ4n) is 5.35. The topological polar surface area (TPSA) is 40.5 Å². The van der Waals surface area contributed by atoms with Crippen LogP contribution < -0.4 is 0 Å². The number of hydrogen-bond acceptors (Lipinski definition) is 2. The summed E-state index contributed by atoms with van der Waals surface area (Å²) >= 11 is 24.6. The predicted molar refractivity (Wildman–Crippen MR) is 196 cm³/mol. The zero-order valence-electron chi connectivity index (χ0n) is 25.0. The Morgan fingerprint density at radius 1 is 0.600 bits per heavy atom. The molecule has 0 aromatic heterocycles. The first-order valence-corrected chi connectivity index (χ1v) is 23.1. The molecule has 4 atom stereocenters. The normalized spacial score (nSPS) is 20.4. The van der Waals surface area contributed by atoms with Crippen LogP contribution in [0.15, 0.2) is 84.9 Å². The molecule has 2 N–H and O–H groups in total. The van der Waals surface area contributed by atoms with Crippen molar-refractivity contribution in [3.05, 3.63) is 141 Å². The average molecular weight is 757 g/mol. The molecule has 45 heavy (non-hydrogen) atoms. The minimum absolute atomic E-state index is 0.179. The van der Waals surface area contributed by atoms with Crippen LogP contribution in [0.4, 0.5) is 0 Å².